The number of aliphatic hydroxyl groups is 6. The van der Waals surface area contributed by atoms with Gasteiger partial charge in [0.2, 0.25) is 5.60 Å². The summed E-state index contributed by atoms with van der Waals surface area (Å²) in [7, 11) is 0. The van der Waals surface area contributed by atoms with Crippen LogP contribution in [0.3, 0.4) is 0 Å². The second kappa shape index (κ2) is 17.7. The van der Waals surface area contributed by atoms with Gasteiger partial charge in [-0.15, -0.1) is 0 Å². The van der Waals surface area contributed by atoms with E-state index in [0.717, 1.165) is 83.5 Å². The Morgan fingerprint density at radius 3 is 1.62 bits per heavy atom. The Labute approximate surface area is 336 Å². The monoisotopic (exact) mass is 791 g/mol. The first-order valence-corrected chi connectivity index (χ1v) is 23.4. The number of rotatable bonds is 9. The molecule has 10 heteroatoms. The Bertz CT molecular complexity index is 1320. The molecule has 2 spiro atoms. The molecule has 6 aliphatic carbocycles. The molecule has 5 bridgehead atoms. The van der Waals surface area contributed by atoms with Crippen LogP contribution in [0.1, 0.15) is 212 Å². The van der Waals surface area contributed by atoms with Crippen LogP contribution in [-0.4, -0.2) is 78.6 Å². The molecule has 2 aliphatic heterocycles. The summed E-state index contributed by atoms with van der Waals surface area (Å²) in [5.41, 5.74) is -8.70. The third-order valence-corrected chi connectivity index (χ3v) is 16.4. The molecule has 8 rings (SSSR count). The highest BCUT2D eigenvalue weighted by Gasteiger charge is 2.91. The maximum Gasteiger partial charge on any atom is 0.344 e. The van der Waals surface area contributed by atoms with E-state index in [0.29, 0.717) is 19.3 Å². The van der Waals surface area contributed by atoms with Crippen molar-refractivity contribution in [1.29, 1.82) is 0 Å². The first-order valence-electron chi connectivity index (χ1n) is 23.4. The van der Waals surface area contributed by atoms with Gasteiger partial charge in [0.05, 0.1) is 0 Å². The van der Waals surface area contributed by atoms with Crippen LogP contribution >= 0.6 is 0 Å². The lowest BCUT2D eigenvalue weighted by Crippen LogP contribution is -2.80. The fourth-order valence-electron chi connectivity index (χ4n) is 13.7. The Morgan fingerprint density at radius 1 is 0.554 bits per heavy atom. The minimum Gasteiger partial charge on any atom is -0.465 e. The van der Waals surface area contributed by atoms with E-state index >= 15 is 0 Å². The molecular weight excluding hydrogens is 712 g/mol. The van der Waals surface area contributed by atoms with Gasteiger partial charge in [-0.05, 0) is 81.0 Å². The summed E-state index contributed by atoms with van der Waals surface area (Å²) in [5, 5.41) is 74.0. The van der Waals surface area contributed by atoms with Crippen LogP contribution in [0.4, 0.5) is 0 Å². The number of unbranched alkanes of at least 4 members (excludes halogenated alkanes) is 7. The van der Waals surface area contributed by atoms with Crippen LogP contribution in [0.5, 0.6) is 0 Å². The van der Waals surface area contributed by atoms with E-state index in [9.17, 15) is 40.2 Å². The number of esters is 2. The van der Waals surface area contributed by atoms with Gasteiger partial charge < -0.3 is 40.1 Å². The number of cyclic esters (lactones) is 1. The largest absolute Gasteiger partial charge is 0.465 e. The molecule has 0 amide bonds. The number of hydrogen-bond donors (Lipinski definition) is 6. The normalized spacial score (nSPS) is 40.9. The Kier molecular flexibility index (Phi) is 14.0. The molecule has 2 heterocycles. The van der Waals surface area contributed by atoms with Crippen LogP contribution in [0.25, 0.3) is 0 Å². The Hall–Kier alpha value is -1.30. The summed E-state index contributed by atoms with van der Waals surface area (Å²) < 4.78 is 11.8. The van der Waals surface area contributed by atoms with Crippen molar-refractivity contribution in [2.75, 3.05) is 13.2 Å². The van der Waals surface area contributed by atoms with Crippen molar-refractivity contribution in [1.82, 2.24) is 0 Å². The van der Waals surface area contributed by atoms with Gasteiger partial charge in [0.15, 0.2) is 0 Å². The molecule has 6 N–H and O–H groups in total. The van der Waals surface area contributed by atoms with Gasteiger partial charge in [0, 0.05) is 17.3 Å². The molecule has 6 saturated carbocycles. The first kappa shape index (κ1) is 44.3. The quantitative estimate of drug-likeness (QED) is 0.0762. The first-order chi connectivity index (χ1) is 26.7. The number of carbonyl (C=O) groups excluding carboxylic acids is 2. The second-order valence-corrected chi connectivity index (χ2v) is 20.4. The van der Waals surface area contributed by atoms with E-state index in [4.69, 9.17) is 9.47 Å². The average Bonchev–Trinajstić information content (AvgIpc) is 3.88. The number of fused-ring (bicyclic) bond motifs is 5. The van der Waals surface area contributed by atoms with Gasteiger partial charge in [-0.25, -0.2) is 4.79 Å². The zero-order valence-electron chi connectivity index (χ0n) is 34.9. The van der Waals surface area contributed by atoms with Gasteiger partial charge in [-0.1, -0.05) is 142 Å². The summed E-state index contributed by atoms with van der Waals surface area (Å²) >= 11 is 0. The predicted molar refractivity (Wildman–Crippen MR) is 213 cm³/mol. The number of ether oxygens (including phenoxy) is 2. The molecule has 322 valence electrons. The van der Waals surface area contributed by atoms with E-state index in [-0.39, 0.29) is 50.2 Å². The van der Waals surface area contributed by atoms with E-state index < -0.39 is 57.4 Å². The SMILES string of the molecule is CCCCCCCCCCC1CC23CC1(C2)C1(C3)CC23COC(=O)CCCCCCCCCCCCCCCCCC(O)(C(=O)OC2)C(O)(O)C(O)(O)C1(O)C3. The maximum atomic E-state index is 13.9. The summed E-state index contributed by atoms with van der Waals surface area (Å²) in [5.74, 6) is -9.15. The molecule has 10 nitrogen and oxygen atoms in total. The topological polar surface area (TPSA) is 174 Å². The third-order valence-electron chi connectivity index (χ3n) is 16.4. The van der Waals surface area contributed by atoms with Crippen molar-refractivity contribution in [2.24, 2.45) is 27.6 Å². The minimum absolute atomic E-state index is 0.105. The number of carbonyl (C=O) groups is 2. The highest BCUT2D eigenvalue weighted by atomic mass is 16.6. The molecule has 8 aliphatic rings. The molecule has 0 aromatic rings. The smallest absolute Gasteiger partial charge is 0.344 e. The zero-order chi connectivity index (χ0) is 40.2. The molecule has 56 heavy (non-hydrogen) atoms. The van der Waals surface area contributed by atoms with E-state index in [2.05, 4.69) is 6.92 Å². The predicted octanol–water partition coefficient (Wildman–Crippen LogP) is 8.04. The highest BCUT2D eigenvalue weighted by Crippen LogP contribution is 2.92. The van der Waals surface area contributed by atoms with Crippen molar-refractivity contribution >= 4 is 11.9 Å². The molecule has 5 unspecified atom stereocenters. The maximum absolute atomic E-state index is 13.9. The molecule has 8 fully saturated rings. The number of hydrogen-bond acceptors (Lipinski definition) is 10. The van der Waals surface area contributed by atoms with Crippen LogP contribution in [0, 0.1) is 27.6 Å². The fraction of sp³-hybridized carbons (Fsp3) is 0.957. The zero-order valence-corrected chi connectivity index (χ0v) is 34.9. The van der Waals surface area contributed by atoms with Crippen molar-refractivity contribution in [3.63, 3.8) is 0 Å². The molecule has 2 saturated heterocycles. The van der Waals surface area contributed by atoms with Gasteiger partial charge in [0.1, 0.15) is 18.8 Å². The van der Waals surface area contributed by atoms with Crippen molar-refractivity contribution in [3.8, 4) is 0 Å². The lowest BCUT2D eigenvalue weighted by atomic mass is 9.50. The van der Waals surface area contributed by atoms with Gasteiger partial charge >= 0.3 is 11.9 Å². The lowest BCUT2D eigenvalue weighted by molar-refractivity contribution is -0.458. The molecule has 0 aromatic carbocycles. The minimum atomic E-state index is -3.87. The van der Waals surface area contributed by atoms with Crippen LogP contribution in [-0.2, 0) is 19.1 Å². The van der Waals surface area contributed by atoms with Crippen LogP contribution < -0.4 is 0 Å². The molecule has 5 atom stereocenters. The molecule has 0 radical (unpaired) electrons. The summed E-state index contributed by atoms with van der Waals surface area (Å²) in [6, 6.07) is 0. The average molecular weight is 791 g/mol. The summed E-state index contributed by atoms with van der Waals surface area (Å²) in [6.07, 6.45) is 27.9. The van der Waals surface area contributed by atoms with Crippen LogP contribution in [0.15, 0.2) is 0 Å². The van der Waals surface area contributed by atoms with Gasteiger partial charge in [-0.2, -0.15) is 0 Å². The van der Waals surface area contributed by atoms with E-state index in [1.807, 2.05) is 0 Å². The second-order valence-electron chi connectivity index (χ2n) is 20.4. The van der Waals surface area contributed by atoms with E-state index in [1.165, 1.54) is 70.6 Å². The summed E-state index contributed by atoms with van der Waals surface area (Å²) in [6.45, 7) is 1.65. The fourth-order valence-corrected chi connectivity index (χ4v) is 13.7. The lowest BCUT2D eigenvalue weighted by Gasteiger charge is -2.59. The Balaban J connectivity index is 1.27. The highest BCUT2D eigenvalue weighted by molar-refractivity contribution is 5.81. The van der Waals surface area contributed by atoms with Gasteiger partial charge in [-0.3, -0.25) is 4.79 Å². The van der Waals surface area contributed by atoms with E-state index in [1.54, 1.807) is 0 Å². The van der Waals surface area contributed by atoms with Gasteiger partial charge in [0.25, 0.3) is 11.6 Å². The third kappa shape index (κ3) is 7.88. The molecule has 0 aromatic heterocycles. The summed E-state index contributed by atoms with van der Waals surface area (Å²) in [4.78, 5) is 27.1. The van der Waals surface area contributed by atoms with Crippen molar-refractivity contribution < 1.29 is 49.7 Å². The van der Waals surface area contributed by atoms with Crippen LogP contribution in [0.2, 0.25) is 0 Å². The molecular formula is C46H78O10. The standard InChI is InChI=1S/C46H78O10/c1-2-3-4-5-6-16-19-22-25-36-28-39-29-41(36,30-39)42(31-39)32-40-33-44(42,50)46(53,54)45(51,52)43(49,38(48)56-35-40)27-24-21-18-15-13-11-9-7-8-10-12-14-17-20-23-26-37(47)55-34-40/h36,49-54H,2-35H2,1H3. The Morgan fingerprint density at radius 2 is 1.05 bits per heavy atom. The van der Waals surface area contributed by atoms with Crippen molar-refractivity contribution in [3.05, 3.63) is 0 Å². The van der Waals surface area contributed by atoms with Crippen molar-refractivity contribution in [2.45, 2.75) is 235 Å².